The number of phenols is 1. The average molecular weight is 416 g/mol. The molecule has 0 spiro atoms. The van der Waals surface area contributed by atoms with E-state index in [-0.39, 0.29) is 11.7 Å². The molecule has 0 unspecified atom stereocenters. The second kappa shape index (κ2) is 7.23. The number of aromatic hydroxyl groups is 1. The van der Waals surface area contributed by atoms with E-state index in [1.54, 1.807) is 25.1 Å². The fourth-order valence-corrected chi connectivity index (χ4v) is 5.13. The van der Waals surface area contributed by atoms with Crippen LogP contribution < -0.4 is 0 Å². The molecule has 2 aliphatic carbocycles. The lowest BCUT2D eigenvalue weighted by atomic mass is 9.50. The van der Waals surface area contributed by atoms with Crippen molar-refractivity contribution in [1.82, 2.24) is 0 Å². The number of methoxy groups -OCH3 is 1. The van der Waals surface area contributed by atoms with Crippen LogP contribution >= 0.6 is 0 Å². The summed E-state index contributed by atoms with van der Waals surface area (Å²) >= 11 is 0. The minimum absolute atomic E-state index is 0.0461. The molecule has 0 aromatic heterocycles. The summed E-state index contributed by atoms with van der Waals surface area (Å²) in [5.74, 6) is -2.91. The Morgan fingerprint density at radius 3 is 2.37 bits per heavy atom. The number of benzene rings is 1. The van der Waals surface area contributed by atoms with Crippen LogP contribution in [-0.4, -0.2) is 41.1 Å². The predicted molar refractivity (Wildman–Crippen MR) is 108 cm³/mol. The van der Waals surface area contributed by atoms with Gasteiger partial charge in [-0.3, -0.25) is 14.4 Å². The molecule has 0 fully saturated rings. The number of aliphatic hydroxyl groups is 1. The van der Waals surface area contributed by atoms with Crippen molar-refractivity contribution >= 4 is 17.7 Å². The largest absolute Gasteiger partial charge is 0.508 e. The molecule has 0 heterocycles. The van der Waals surface area contributed by atoms with E-state index in [2.05, 4.69) is 0 Å². The van der Waals surface area contributed by atoms with Gasteiger partial charge in [0.25, 0.3) is 0 Å². The fourth-order valence-electron chi connectivity index (χ4n) is 5.13. The van der Waals surface area contributed by atoms with E-state index in [1.807, 2.05) is 13.8 Å². The first-order valence-corrected chi connectivity index (χ1v) is 9.94. The Morgan fingerprint density at radius 2 is 1.83 bits per heavy atom. The summed E-state index contributed by atoms with van der Waals surface area (Å²) in [7, 11) is 1.18. The number of fused-ring (bicyclic) bond motifs is 3. The molecule has 7 heteroatoms. The highest BCUT2D eigenvalue weighted by atomic mass is 16.6. The normalized spacial score (nSPS) is 32.4. The Hall–Kier alpha value is -2.67. The SMILES string of the molecule is COC(=O)[C@@]1(C)C(=O)C=C[C@]2(C)c3c(O)cc(C(C)C)cc3[C@H](O)[C@@H](OC(C)=O)[C@@H]12. The number of ketones is 1. The molecule has 3 rings (SSSR count). The van der Waals surface area contributed by atoms with E-state index in [1.165, 1.54) is 27.0 Å². The second-order valence-electron chi connectivity index (χ2n) is 8.83. The van der Waals surface area contributed by atoms with Crippen molar-refractivity contribution in [2.45, 2.75) is 58.2 Å². The van der Waals surface area contributed by atoms with E-state index in [0.717, 1.165) is 5.56 Å². The summed E-state index contributed by atoms with van der Waals surface area (Å²) in [5, 5.41) is 22.2. The third-order valence-corrected chi connectivity index (χ3v) is 6.61. The van der Waals surface area contributed by atoms with Crippen LogP contribution in [0.3, 0.4) is 0 Å². The summed E-state index contributed by atoms with van der Waals surface area (Å²) in [6.45, 7) is 8.31. The number of phenolic OH excluding ortho intramolecular Hbond substituents is 1. The Bertz CT molecular complexity index is 947. The van der Waals surface area contributed by atoms with Crippen molar-refractivity contribution < 1.29 is 34.1 Å². The van der Waals surface area contributed by atoms with Gasteiger partial charge in [0, 0.05) is 23.8 Å². The first-order valence-electron chi connectivity index (χ1n) is 9.94. The molecule has 5 atom stereocenters. The summed E-state index contributed by atoms with van der Waals surface area (Å²) in [4.78, 5) is 37.7. The standard InChI is InChI=1S/C23H28O7/c1-11(2)13-9-14-17(15(25)10-13)22(4)8-7-16(26)23(5,21(28)29-6)20(22)19(18(14)27)30-12(3)24/h7-11,18-20,25,27H,1-6H3/t18-,19+,20+,22+,23-/m0/s1. The zero-order valence-corrected chi connectivity index (χ0v) is 18.1. The number of carbonyl (C=O) groups excluding carboxylic acids is 3. The number of rotatable bonds is 3. The Labute approximate surface area is 175 Å². The lowest BCUT2D eigenvalue weighted by Gasteiger charge is -2.54. The van der Waals surface area contributed by atoms with E-state index in [4.69, 9.17) is 9.47 Å². The van der Waals surface area contributed by atoms with Crippen molar-refractivity contribution in [3.8, 4) is 5.75 Å². The van der Waals surface area contributed by atoms with Crippen LogP contribution in [0, 0.1) is 11.3 Å². The number of hydrogen-bond acceptors (Lipinski definition) is 7. The van der Waals surface area contributed by atoms with Crippen LogP contribution in [0.1, 0.15) is 63.3 Å². The van der Waals surface area contributed by atoms with Gasteiger partial charge in [0.1, 0.15) is 23.4 Å². The third kappa shape index (κ3) is 2.95. The van der Waals surface area contributed by atoms with E-state index in [0.29, 0.717) is 11.1 Å². The first kappa shape index (κ1) is 22.0. The van der Waals surface area contributed by atoms with Gasteiger partial charge in [0.05, 0.1) is 7.11 Å². The van der Waals surface area contributed by atoms with Gasteiger partial charge >= 0.3 is 11.9 Å². The predicted octanol–water partition coefficient (Wildman–Crippen LogP) is 2.69. The molecule has 1 aromatic carbocycles. The van der Waals surface area contributed by atoms with E-state index >= 15 is 0 Å². The van der Waals surface area contributed by atoms with Crippen LogP contribution in [0.2, 0.25) is 0 Å². The highest BCUT2D eigenvalue weighted by Crippen LogP contribution is 2.59. The molecule has 30 heavy (non-hydrogen) atoms. The summed E-state index contributed by atoms with van der Waals surface area (Å²) in [6.07, 6.45) is 0.380. The van der Waals surface area contributed by atoms with Gasteiger partial charge in [0.2, 0.25) is 0 Å². The van der Waals surface area contributed by atoms with Crippen molar-refractivity contribution in [1.29, 1.82) is 0 Å². The van der Waals surface area contributed by atoms with Crippen LogP contribution in [0.4, 0.5) is 0 Å². The molecular formula is C23H28O7. The van der Waals surface area contributed by atoms with Crippen LogP contribution in [0.25, 0.3) is 0 Å². The zero-order valence-electron chi connectivity index (χ0n) is 18.1. The average Bonchev–Trinajstić information content (AvgIpc) is 2.67. The minimum atomic E-state index is -1.72. The molecule has 0 saturated heterocycles. The van der Waals surface area contributed by atoms with Gasteiger partial charge < -0.3 is 19.7 Å². The molecular weight excluding hydrogens is 388 g/mol. The highest BCUT2D eigenvalue weighted by Gasteiger charge is 2.65. The first-order chi connectivity index (χ1) is 13.9. The lowest BCUT2D eigenvalue weighted by Crippen LogP contribution is -2.61. The molecule has 0 radical (unpaired) electrons. The topological polar surface area (TPSA) is 110 Å². The Kier molecular flexibility index (Phi) is 5.31. The molecule has 2 N–H and O–H groups in total. The molecule has 2 aliphatic rings. The molecule has 0 bridgehead atoms. The smallest absolute Gasteiger partial charge is 0.319 e. The van der Waals surface area contributed by atoms with Crippen LogP contribution in [0.5, 0.6) is 5.75 Å². The van der Waals surface area contributed by atoms with Gasteiger partial charge in [-0.1, -0.05) is 32.9 Å². The Balaban J connectivity index is 2.39. The number of hydrogen-bond donors (Lipinski definition) is 2. The number of aliphatic hydroxyl groups excluding tert-OH is 1. The van der Waals surface area contributed by atoms with Crippen molar-refractivity contribution in [3.05, 3.63) is 41.0 Å². The lowest BCUT2D eigenvalue weighted by molar-refractivity contribution is -0.183. The van der Waals surface area contributed by atoms with Crippen molar-refractivity contribution in [2.75, 3.05) is 7.11 Å². The Morgan fingerprint density at radius 1 is 1.20 bits per heavy atom. The molecule has 7 nitrogen and oxygen atoms in total. The number of carbonyl (C=O) groups is 3. The third-order valence-electron chi connectivity index (χ3n) is 6.61. The molecule has 162 valence electrons. The zero-order chi connectivity index (χ0) is 22.6. The molecule has 0 amide bonds. The molecule has 0 saturated carbocycles. The van der Waals surface area contributed by atoms with Crippen LogP contribution in [-0.2, 0) is 29.3 Å². The van der Waals surface area contributed by atoms with Crippen molar-refractivity contribution in [3.63, 3.8) is 0 Å². The number of allylic oxidation sites excluding steroid dienone is 2. The van der Waals surface area contributed by atoms with Gasteiger partial charge in [-0.2, -0.15) is 0 Å². The molecule has 0 aliphatic heterocycles. The van der Waals surface area contributed by atoms with Gasteiger partial charge in [-0.05, 0) is 36.1 Å². The van der Waals surface area contributed by atoms with Gasteiger partial charge in [0.15, 0.2) is 5.78 Å². The fraction of sp³-hybridized carbons (Fsp3) is 0.522. The van der Waals surface area contributed by atoms with Gasteiger partial charge in [-0.15, -0.1) is 0 Å². The maximum Gasteiger partial charge on any atom is 0.319 e. The maximum atomic E-state index is 12.9. The second-order valence-corrected chi connectivity index (χ2v) is 8.83. The number of esters is 2. The van der Waals surface area contributed by atoms with E-state index in [9.17, 15) is 24.6 Å². The number of ether oxygens (including phenoxy) is 2. The summed E-state index contributed by atoms with van der Waals surface area (Å²) < 4.78 is 10.4. The minimum Gasteiger partial charge on any atom is -0.508 e. The quantitative estimate of drug-likeness (QED) is 0.576. The van der Waals surface area contributed by atoms with Crippen LogP contribution in [0.15, 0.2) is 24.3 Å². The van der Waals surface area contributed by atoms with Crippen molar-refractivity contribution in [2.24, 2.45) is 11.3 Å². The summed E-state index contributed by atoms with van der Waals surface area (Å²) in [5.41, 5.74) is -1.17. The highest BCUT2D eigenvalue weighted by molar-refractivity contribution is 6.10. The monoisotopic (exact) mass is 416 g/mol. The molecule has 1 aromatic rings. The van der Waals surface area contributed by atoms with Gasteiger partial charge in [-0.25, -0.2) is 0 Å². The maximum absolute atomic E-state index is 12.9. The van der Waals surface area contributed by atoms with E-state index < -0.39 is 46.7 Å². The summed E-state index contributed by atoms with van der Waals surface area (Å²) in [6, 6.07) is 3.41.